The Morgan fingerprint density at radius 3 is 2.02 bits per heavy atom. The van der Waals surface area contributed by atoms with Gasteiger partial charge in [-0.2, -0.15) is 0 Å². The number of carbonyl (C=O) groups excluding carboxylic acids is 2. The molecule has 0 aromatic heterocycles. The number of nitrogens with one attached hydrogen (secondary N) is 1. The molecule has 4 aromatic carbocycles. The summed E-state index contributed by atoms with van der Waals surface area (Å²) in [6.45, 7) is 9.55. The van der Waals surface area contributed by atoms with E-state index in [0.717, 1.165) is 26.6 Å². The molecule has 0 saturated heterocycles. The molecule has 0 fully saturated rings. The number of halogens is 1. The van der Waals surface area contributed by atoms with Gasteiger partial charge in [0, 0.05) is 24.5 Å². The lowest BCUT2D eigenvalue weighted by atomic mass is 10.0. The van der Waals surface area contributed by atoms with Crippen molar-refractivity contribution in [3.05, 3.63) is 130 Å². The van der Waals surface area contributed by atoms with Crippen molar-refractivity contribution in [1.82, 2.24) is 10.2 Å². The summed E-state index contributed by atoms with van der Waals surface area (Å²) in [6, 6.07) is 27.7. The van der Waals surface area contributed by atoms with Crippen LogP contribution in [0.4, 0.5) is 5.69 Å². The van der Waals surface area contributed by atoms with E-state index in [2.05, 4.69) is 5.32 Å². The van der Waals surface area contributed by atoms with E-state index in [1.54, 1.807) is 54.6 Å². The monoisotopic (exact) mass is 659 g/mol. The Balaban J connectivity index is 1.83. The lowest BCUT2D eigenvalue weighted by Gasteiger charge is -2.34. The van der Waals surface area contributed by atoms with Gasteiger partial charge < -0.3 is 10.2 Å². The van der Waals surface area contributed by atoms with Gasteiger partial charge in [-0.1, -0.05) is 97.7 Å². The Bertz CT molecular complexity index is 1740. The third kappa shape index (κ3) is 8.98. The minimum absolute atomic E-state index is 0.0103. The van der Waals surface area contributed by atoms with Crippen LogP contribution in [0.25, 0.3) is 0 Å². The molecule has 46 heavy (non-hydrogen) atoms. The average Bonchev–Trinajstić information content (AvgIpc) is 3.01. The fraction of sp³-hybridized carbons (Fsp3) is 0.297. The number of aryl methyl sites for hydroxylation is 3. The molecule has 0 saturated carbocycles. The van der Waals surface area contributed by atoms with Crippen molar-refractivity contribution in [3.63, 3.8) is 0 Å². The first-order valence-electron chi connectivity index (χ1n) is 15.4. The first kappa shape index (κ1) is 34.7. The molecule has 1 atom stereocenters. The fourth-order valence-corrected chi connectivity index (χ4v) is 6.84. The van der Waals surface area contributed by atoms with Crippen molar-refractivity contribution >= 4 is 39.1 Å². The Morgan fingerprint density at radius 1 is 0.804 bits per heavy atom. The van der Waals surface area contributed by atoms with E-state index in [1.807, 2.05) is 77.1 Å². The molecule has 4 rings (SSSR count). The number of sulfonamides is 1. The minimum Gasteiger partial charge on any atom is -0.354 e. The van der Waals surface area contributed by atoms with E-state index >= 15 is 0 Å². The molecule has 4 aromatic rings. The van der Waals surface area contributed by atoms with Gasteiger partial charge in [0.2, 0.25) is 11.8 Å². The first-order valence-corrected chi connectivity index (χ1v) is 17.2. The zero-order valence-electron chi connectivity index (χ0n) is 27.0. The molecule has 1 N–H and O–H groups in total. The van der Waals surface area contributed by atoms with Crippen LogP contribution in [0.15, 0.2) is 102 Å². The fourth-order valence-electron chi connectivity index (χ4n) is 5.25. The molecular formula is C37H42ClN3O4S. The van der Waals surface area contributed by atoms with Crippen LogP contribution in [-0.2, 0) is 32.6 Å². The maximum absolute atomic E-state index is 14.6. The van der Waals surface area contributed by atoms with Crippen molar-refractivity contribution in [2.75, 3.05) is 17.4 Å². The van der Waals surface area contributed by atoms with Crippen LogP contribution in [0.5, 0.6) is 0 Å². The number of hydrogen-bond donors (Lipinski definition) is 1. The number of carbonyl (C=O) groups is 2. The smallest absolute Gasteiger partial charge is 0.264 e. The molecule has 2 amide bonds. The van der Waals surface area contributed by atoms with Crippen LogP contribution in [0.1, 0.15) is 41.7 Å². The maximum atomic E-state index is 14.6. The number of anilines is 1. The van der Waals surface area contributed by atoms with Gasteiger partial charge in [-0.3, -0.25) is 13.9 Å². The van der Waals surface area contributed by atoms with E-state index < -0.39 is 28.5 Å². The zero-order valence-corrected chi connectivity index (χ0v) is 28.6. The van der Waals surface area contributed by atoms with Gasteiger partial charge in [0.25, 0.3) is 10.0 Å². The molecule has 0 aliphatic rings. The van der Waals surface area contributed by atoms with Crippen molar-refractivity contribution in [1.29, 1.82) is 0 Å². The maximum Gasteiger partial charge on any atom is 0.264 e. The number of hydrogen-bond acceptors (Lipinski definition) is 4. The predicted molar refractivity (Wildman–Crippen MR) is 185 cm³/mol. The molecule has 7 nitrogen and oxygen atoms in total. The van der Waals surface area contributed by atoms with E-state index in [9.17, 15) is 18.0 Å². The van der Waals surface area contributed by atoms with Gasteiger partial charge in [-0.15, -0.1) is 0 Å². The highest BCUT2D eigenvalue weighted by Gasteiger charge is 2.35. The Morgan fingerprint density at radius 2 is 1.41 bits per heavy atom. The molecule has 0 spiro atoms. The first-order chi connectivity index (χ1) is 21.8. The topological polar surface area (TPSA) is 86.8 Å². The van der Waals surface area contributed by atoms with Crippen LogP contribution < -0.4 is 9.62 Å². The summed E-state index contributed by atoms with van der Waals surface area (Å²) in [5, 5.41) is 3.45. The van der Waals surface area contributed by atoms with E-state index in [0.29, 0.717) is 22.8 Å². The number of rotatable bonds is 13. The third-order valence-electron chi connectivity index (χ3n) is 7.64. The third-order valence-corrected chi connectivity index (χ3v) is 9.79. The van der Waals surface area contributed by atoms with Gasteiger partial charge in [0.15, 0.2) is 0 Å². The van der Waals surface area contributed by atoms with Gasteiger partial charge in [0.1, 0.15) is 12.6 Å². The quantitative estimate of drug-likeness (QED) is 0.170. The highest BCUT2D eigenvalue weighted by molar-refractivity contribution is 7.92. The zero-order chi connectivity index (χ0) is 33.4. The van der Waals surface area contributed by atoms with Crippen LogP contribution in [0.3, 0.4) is 0 Å². The Labute approximate surface area is 278 Å². The highest BCUT2D eigenvalue weighted by Crippen LogP contribution is 2.28. The molecule has 0 aliphatic heterocycles. The van der Waals surface area contributed by atoms with Crippen molar-refractivity contribution in [2.24, 2.45) is 5.92 Å². The Kier molecular flexibility index (Phi) is 11.7. The van der Waals surface area contributed by atoms with Gasteiger partial charge in [-0.25, -0.2) is 8.42 Å². The second-order valence-corrected chi connectivity index (χ2v) is 14.4. The average molecular weight is 660 g/mol. The van der Waals surface area contributed by atoms with Crippen molar-refractivity contribution < 1.29 is 18.0 Å². The second kappa shape index (κ2) is 15.4. The van der Waals surface area contributed by atoms with E-state index in [-0.39, 0.29) is 29.7 Å². The van der Waals surface area contributed by atoms with Crippen molar-refractivity contribution in [3.8, 4) is 0 Å². The summed E-state index contributed by atoms with van der Waals surface area (Å²) in [6.07, 6.45) is 0.231. The van der Waals surface area contributed by atoms with Crippen LogP contribution in [-0.4, -0.2) is 44.3 Å². The van der Waals surface area contributed by atoms with E-state index in [1.165, 1.54) is 4.90 Å². The summed E-state index contributed by atoms with van der Waals surface area (Å²) < 4.78 is 29.7. The molecule has 1 unspecified atom stereocenters. The molecule has 242 valence electrons. The lowest BCUT2D eigenvalue weighted by Crippen LogP contribution is -2.53. The molecule has 0 radical (unpaired) electrons. The predicted octanol–water partition coefficient (Wildman–Crippen LogP) is 6.87. The molecule has 9 heteroatoms. The van der Waals surface area contributed by atoms with Gasteiger partial charge >= 0.3 is 0 Å². The summed E-state index contributed by atoms with van der Waals surface area (Å²) in [7, 11) is -4.18. The SMILES string of the molecule is Cc1ccc(S(=O)(=O)N(CC(=O)N(Cc2ccccc2Cl)C(Cc2ccccc2)C(=O)NCC(C)C)c2cc(C)cc(C)c2)cc1. The van der Waals surface area contributed by atoms with Crippen LogP contribution in [0.2, 0.25) is 5.02 Å². The summed E-state index contributed by atoms with van der Waals surface area (Å²) in [4.78, 5) is 30.0. The summed E-state index contributed by atoms with van der Waals surface area (Å²) >= 11 is 6.58. The molecule has 0 aliphatic carbocycles. The molecular weight excluding hydrogens is 618 g/mol. The lowest BCUT2D eigenvalue weighted by molar-refractivity contribution is -0.140. The number of nitrogens with zero attached hydrogens (tertiary/aromatic N) is 2. The second-order valence-electron chi connectivity index (χ2n) is 12.1. The van der Waals surface area contributed by atoms with Gasteiger partial charge in [-0.05, 0) is 79.3 Å². The standard InChI is InChI=1S/C37H42ClN3O4S/c1-26(2)23-39-37(43)35(22-30-11-7-6-8-12-30)40(24-31-13-9-10-14-34(31)38)36(42)25-41(32-20-28(4)19-29(5)21-32)46(44,45)33-17-15-27(3)16-18-33/h6-21,26,35H,22-25H2,1-5H3,(H,39,43). The normalized spacial score (nSPS) is 12.1. The van der Waals surface area contributed by atoms with Crippen LogP contribution >= 0.6 is 11.6 Å². The summed E-state index contributed by atoms with van der Waals surface area (Å²) in [5.41, 5.74) is 4.50. The number of amides is 2. The van der Waals surface area contributed by atoms with Crippen LogP contribution in [0, 0.1) is 26.7 Å². The number of benzene rings is 4. The van der Waals surface area contributed by atoms with Crippen molar-refractivity contribution in [2.45, 2.75) is 58.5 Å². The Hall–Kier alpha value is -4.14. The minimum atomic E-state index is -4.18. The highest BCUT2D eigenvalue weighted by atomic mass is 35.5. The molecule has 0 heterocycles. The van der Waals surface area contributed by atoms with Gasteiger partial charge in [0.05, 0.1) is 10.6 Å². The largest absolute Gasteiger partial charge is 0.354 e. The van der Waals surface area contributed by atoms with E-state index in [4.69, 9.17) is 11.6 Å². The molecule has 0 bridgehead atoms. The summed E-state index contributed by atoms with van der Waals surface area (Å²) in [5.74, 6) is -0.665.